The van der Waals surface area contributed by atoms with Crippen molar-refractivity contribution in [3.05, 3.63) is 36.0 Å². The van der Waals surface area contributed by atoms with Gasteiger partial charge >= 0.3 is 6.03 Å². The van der Waals surface area contributed by atoms with E-state index in [1.807, 2.05) is 0 Å². The van der Waals surface area contributed by atoms with Crippen LogP contribution in [-0.2, 0) is 4.74 Å². The Hall–Kier alpha value is -2.48. The summed E-state index contributed by atoms with van der Waals surface area (Å²) in [5.74, 6) is 0.776. The van der Waals surface area contributed by atoms with Gasteiger partial charge in [-0.15, -0.1) is 10.2 Å². The van der Waals surface area contributed by atoms with Gasteiger partial charge in [0, 0.05) is 38.2 Å². The lowest BCUT2D eigenvalue weighted by molar-refractivity contribution is 0.166. The number of ether oxygens (including phenoxy) is 1. The molecule has 0 atom stereocenters. The molecule has 2 heterocycles. The molecule has 1 aliphatic heterocycles. The average Bonchev–Trinajstić information content (AvgIpc) is 3.13. The van der Waals surface area contributed by atoms with Crippen molar-refractivity contribution in [3.8, 4) is 11.5 Å². The van der Waals surface area contributed by atoms with Gasteiger partial charge in [0.05, 0.1) is 6.61 Å². The Bertz CT molecular complexity index is 696. The number of urea groups is 1. The molecule has 1 N–H and O–H groups in total. The first-order valence-electron chi connectivity index (χ1n) is 8.28. The monoisotopic (exact) mass is 348 g/mol. The van der Waals surface area contributed by atoms with E-state index in [-0.39, 0.29) is 17.8 Å². The maximum atomic E-state index is 13.0. The summed E-state index contributed by atoms with van der Waals surface area (Å²) in [5.41, 5.74) is 0.690. The van der Waals surface area contributed by atoms with Crippen molar-refractivity contribution >= 4 is 6.03 Å². The fourth-order valence-electron chi connectivity index (χ4n) is 2.81. The molecule has 2 aromatic rings. The van der Waals surface area contributed by atoms with E-state index in [0.717, 1.165) is 12.8 Å². The van der Waals surface area contributed by atoms with Crippen LogP contribution < -0.4 is 5.32 Å². The number of benzene rings is 1. The highest BCUT2D eigenvalue weighted by atomic mass is 19.1. The van der Waals surface area contributed by atoms with Gasteiger partial charge in [0.15, 0.2) is 0 Å². The van der Waals surface area contributed by atoms with Crippen LogP contribution in [0, 0.1) is 5.82 Å². The molecule has 0 bridgehead atoms. The summed E-state index contributed by atoms with van der Waals surface area (Å²) >= 11 is 0. The van der Waals surface area contributed by atoms with Gasteiger partial charge in [-0.3, -0.25) is 0 Å². The molecule has 1 saturated heterocycles. The highest BCUT2D eigenvalue weighted by Gasteiger charge is 2.27. The first-order chi connectivity index (χ1) is 12.2. The van der Waals surface area contributed by atoms with Gasteiger partial charge in [-0.05, 0) is 37.1 Å². The molecule has 1 aromatic carbocycles. The third kappa shape index (κ3) is 4.33. The van der Waals surface area contributed by atoms with E-state index < -0.39 is 0 Å². The molecule has 3 rings (SSSR count). The van der Waals surface area contributed by atoms with Crippen molar-refractivity contribution < 1.29 is 18.3 Å². The van der Waals surface area contributed by atoms with Crippen LogP contribution in [0.2, 0.25) is 0 Å². The number of halogens is 1. The summed E-state index contributed by atoms with van der Waals surface area (Å²) in [6.07, 6.45) is 1.53. The standard InChI is InChI=1S/C17H21FN4O3/c1-24-11-8-19-17(23)22-9-6-13(7-10-22)16-21-20-15(25-16)12-2-4-14(18)5-3-12/h2-5,13H,6-11H2,1H3,(H,19,23). The van der Waals surface area contributed by atoms with E-state index in [1.165, 1.54) is 12.1 Å². The molecule has 1 aliphatic rings. The van der Waals surface area contributed by atoms with E-state index in [1.54, 1.807) is 24.1 Å². The van der Waals surface area contributed by atoms with Crippen LogP contribution in [0.5, 0.6) is 0 Å². The highest BCUT2D eigenvalue weighted by Crippen LogP contribution is 2.29. The first kappa shape index (κ1) is 17.3. The van der Waals surface area contributed by atoms with Crippen LogP contribution in [0.1, 0.15) is 24.7 Å². The normalized spacial score (nSPS) is 15.4. The second-order valence-corrected chi connectivity index (χ2v) is 5.94. The third-order valence-electron chi connectivity index (χ3n) is 4.25. The van der Waals surface area contributed by atoms with E-state index in [4.69, 9.17) is 9.15 Å². The zero-order valence-electron chi connectivity index (χ0n) is 14.1. The lowest BCUT2D eigenvalue weighted by Crippen LogP contribution is -2.44. The number of amides is 2. The number of piperidine rings is 1. The van der Waals surface area contributed by atoms with Crippen LogP contribution in [-0.4, -0.2) is 54.5 Å². The minimum atomic E-state index is -0.306. The summed E-state index contributed by atoms with van der Waals surface area (Å²) < 4.78 is 23.6. The number of aromatic nitrogens is 2. The molecule has 0 spiro atoms. The second kappa shape index (κ2) is 8.06. The molecular formula is C17H21FN4O3. The summed E-state index contributed by atoms with van der Waals surface area (Å²) in [6.45, 7) is 2.27. The molecule has 1 aromatic heterocycles. The zero-order chi connectivity index (χ0) is 17.6. The number of nitrogens with zero attached hydrogens (tertiary/aromatic N) is 3. The predicted molar refractivity (Wildman–Crippen MR) is 88.5 cm³/mol. The maximum absolute atomic E-state index is 13.0. The number of likely N-dealkylation sites (tertiary alicyclic amines) is 1. The highest BCUT2D eigenvalue weighted by molar-refractivity contribution is 5.74. The number of carbonyl (C=O) groups excluding carboxylic acids is 1. The average molecular weight is 348 g/mol. The molecular weight excluding hydrogens is 327 g/mol. The Kier molecular flexibility index (Phi) is 5.60. The molecule has 8 heteroatoms. The molecule has 7 nitrogen and oxygen atoms in total. The lowest BCUT2D eigenvalue weighted by Gasteiger charge is -2.30. The first-order valence-corrected chi connectivity index (χ1v) is 8.28. The van der Waals surface area contributed by atoms with Gasteiger partial charge in [0.25, 0.3) is 0 Å². The number of hydrogen-bond acceptors (Lipinski definition) is 5. The second-order valence-electron chi connectivity index (χ2n) is 5.94. The van der Waals surface area contributed by atoms with Gasteiger partial charge in [-0.25, -0.2) is 9.18 Å². The quantitative estimate of drug-likeness (QED) is 0.839. The molecule has 0 unspecified atom stereocenters. The van der Waals surface area contributed by atoms with Crippen molar-refractivity contribution in [2.75, 3.05) is 33.4 Å². The number of nitrogens with one attached hydrogen (secondary N) is 1. The Morgan fingerprint density at radius 2 is 2.04 bits per heavy atom. The van der Waals surface area contributed by atoms with Crippen LogP contribution in [0.25, 0.3) is 11.5 Å². The zero-order valence-corrected chi connectivity index (χ0v) is 14.1. The number of methoxy groups -OCH3 is 1. The van der Waals surface area contributed by atoms with Crippen molar-refractivity contribution in [1.29, 1.82) is 0 Å². The smallest absolute Gasteiger partial charge is 0.317 e. The van der Waals surface area contributed by atoms with E-state index in [9.17, 15) is 9.18 Å². The van der Waals surface area contributed by atoms with Gasteiger partial charge in [-0.1, -0.05) is 0 Å². The van der Waals surface area contributed by atoms with E-state index in [0.29, 0.717) is 43.6 Å². The van der Waals surface area contributed by atoms with Crippen LogP contribution in [0.4, 0.5) is 9.18 Å². The van der Waals surface area contributed by atoms with Gasteiger partial charge in [-0.2, -0.15) is 0 Å². The Labute approximate surface area is 145 Å². The summed E-state index contributed by atoms with van der Waals surface area (Å²) in [5, 5.41) is 11.0. The summed E-state index contributed by atoms with van der Waals surface area (Å²) in [7, 11) is 1.60. The molecule has 0 radical (unpaired) electrons. The maximum Gasteiger partial charge on any atom is 0.317 e. The topological polar surface area (TPSA) is 80.5 Å². The summed E-state index contributed by atoms with van der Waals surface area (Å²) in [4.78, 5) is 13.8. The predicted octanol–water partition coefficient (Wildman–Crippen LogP) is 2.41. The van der Waals surface area contributed by atoms with E-state index >= 15 is 0 Å². The molecule has 0 saturated carbocycles. The number of hydrogen-bond donors (Lipinski definition) is 1. The summed E-state index contributed by atoms with van der Waals surface area (Å²) in [6, 6.07) is 5.87. The molecule has 134 valence electrons. The molecule has 25 heavy (non-hydrogen) atoms. The Morgan fingerprint density at radius 3 is 2.72 bits per heavy atom. The van der Waals surface area contributed by atoms with Crippen LogP contribution >= 0.6 is 0 Å². The fourth-order valence-corrected chi connectivity index (χ4v) is 2.81. The van der Waals surface area contributed by atoms with Crippen LogP contribution in [0.15, 0.2) is 28.7 Å². The van der Waals surface area contributed by atoms with Gasteiger partial charge in [0.1, 0.15) is 5.82 Å². The number of rotatable bonds is 5. The minimum Gasteiger partial charge on any atom is -0.420 e. The number of carbonyl (C=O) groups is 1. The van der Waals surface area contributed by atoms with Crippen molar-refractivity contribution in [2.24, 2.45) is 0 Å². The van der Waals surface area contributed by atoms with Crippen molar-refractivity contribution in [1.82, 2.24) is 20.4 Å². The van der Waals surface area contributed by atoms with Crippen molar-refractivity contribution in [2.45, 2.75) is 18.8 Å². The third-order valence-corrected chi connectivity index (χ3v) is 4.25. The largest absolute Gasteiger partial charge is 0.420 e. The molecule has 1 fully saturated rings. The SMILES string of the molecule is COCCNC(=O)N1CCC(c2nnc(-c3ccc(F)cc3)o2)CC1. The van der Waals surface area contributed by atoms with Gasteiger partial charge < -0.3 is 19.4 Å². The minimum absolute atomic E-state index is 0.0759. The Morgan fingerprint density at radius 1 is 1.32 bits per heavy atom. The van der Waals surface area contributed by atoms with Gasteiger partial charge in [0.2, 0.25) is 11.8 Å². The molecule has 0 aliphatic carbocycles. The fraction of sp³-hybridized carbons (Fsp3) is 0.471. The molecule has 2 amide bonds. The Balaban J connectivity index is 1.55. The lowest BCUT2D eigenvalue weighted by atomic mass is 9.97. The van der Waals surface area contributed by atoms with Crippen LogP contribution in [0.3, 0.4) is 0 Å². The van der Waals surface area contributed by atoms with E-state index in [2.05, 4.69) is 15.5 Å². The van der Waals surface area contributed by atoms with Crippen molar-refractivity contribution in [3.63, 3.8) is 0 Å².